The molecule has 1 heterocycles. The van der Waals surface area contributed by atoms with Gasteiger partial charge in [0.2, 0.25) is 0 Å². The highest BCUT2D eigenvalue weighted by atomic mass is 16.5. The van der Waals surface area contributed by atoms with Gasteiger partial charge in [0.15, 0.2) is 6.10 Å². The fraction of sp³-hybridized carbons (Fsp3) is 0.286. The first-order chi connectivity index (χ1) is 9.20. The molecule has 1 aromatic heterocycles. The molecule has 100 valence electrons. The second kappa shape index (κ2) is 6.15. The number of nitrogens with one attached hydrogen (secondary N) is 2. The van der Waals surface area contributed by atoms with E-state index in [1.54, 1.807) is 6.20 Å². The molecule has 0 unspecified atom stereocenters. The van der Waals surface area contributed by atoms with Crippen LogP contribution in [0.2, 0.25) is 0 Å². The Labute approximate surface area is 112 Å². The van der Waals surface area contributed by atoms with Crippen LogP contribution in [0.3, 0.4) is 0 Å². The van der Waals surface area contributed by atoms with E-state index in [1.807, 2.05) is 37.3 Å². The van der Waals surface area contributed by atoms with Crippen LogP contribution in [0.1, 0.15) is 23.2 Å². The summed E-state index contributed by atoms with van der Waals surface area (Å²) in [7, 11) is 1.52. The molecule has 0 fully saturated rings. The molecule has 2 aromatic rings. The maximum Gasteiger partial charge on any atom is 0.254 e. The number of hydrogen-bond donors (Lipinski definition) is 2. The minimum Gasteiger partial charge on any atom is -0.367 e. The number of benzene rings is 1. The second-order valence-corrected chi connectivity index (χ2v) is 4.26. The molecule has 2 N–H and O–H groups in total. The molecule has 0 aliphatic heterocycles. The van der Waals surface area contributed by atoms with E-state index in [0.29, 0.717) is 6.54 Å². The molecular formula is C14H17N3O2. The zero-order valence-electron chi connectivity index (χ0n) is 11.0. The van der Waals surface area contributed by atoms with Gasteiger partial charge in [-0.05, 0) is 12.5 Å². The van der Waals surface area contributed by atoms with Gasteiger partial charge in [0.25, 0.3) is 5.91 Å². The summed E-state index contributed by atoms with van der Waals surface area (Å²) in [5.74, 6) is 0.552. The summed E-state index contributed by atoms with van der Waals surface area (Å²) < 4.78 is 5.25. The molecule has 1 atom stereocenters. The van der Waals surface area contributed by atoms with Gasteiger partial charge >= 0.3 is 0 Å². The Morgan fingerprint density at radius 2 is 2.16 bits per heavy atom. The molecule has 5 nitrogen and oxygen atoms in total. The van der Waals surface area contributed by atoms with Crippen molar-refractivity contribution in [2.45, 2.75) is 19.6 Å². The molecule has 1 amide bonds. The summed E-state index contributed by atoms with van der Waals surface area (Å²) in [6.45, 7) is 2.28. The first-order valence-electron chi connectivity index (χ1n) is 6.06. The summed E-state index contributed by atoms with van der Waals surface area (Å²) in [5, 5.41) is 2.80. The van der Waals surface area contributed by atoms with Crippen molar-refractivity contribution >= 4 is 5.91 Å². The van der Waals surface area contributed by atoms with Crippen molar-refractivity contribution in [2.75, 3.05) is 7.11 Å². The molecule has 5 heteroatoms. The molecule has 0 radical (unpaired) electrons. The number of nitrogens with zero attached hydrogens (tertiary/aromatic N) is 1. The van der Waals surface area contributed by atoms with Crippen molar-refractivity contribution in [3.8, 4) is 0 Å². The topological polar surface area (TPSA) is 67.0 Å². The van der Waals surface area contributed by atoms with E-state index < -0.39 is 6.10 Å². The van der Waals surface area contributed by atoms with Gasteiger partial charge in [-0.2, -0.15) is 0 Å². The van der Waals surface area contributed by atoms with Crippen molar-refractivity contribution in [1.29, 1.82) is 0 Å². The Hall–Kier alpha value is -2.14. The number of amides is 1. The lowest BCUT2D eigenvalue weighted by atomic mass is 10.1. The van der Waals surface area contributed by atoms with E-state index in [9.17, 15) is 4.79 Å². The molecule has 0 saturated carbocycles. The van der Waals surface area contributed by atoms with Crippen LogP contribution < -0.4 is 5.32 Å². The highest BCUT2D eigenvalue weighted by Crippen LogP contribution is 2.16. The van der Waals surface area contributed by atoms with Gasteiger partial charge in [-0.1, -0.05) is 30.3 Å². The molecule has 19 heavy (non-hydrogen) atoms. The zero-order valence-corrected chi connectivity index (χ0v) is 11.0. The van der Waals surface area contributed by atoms with Crippen LogP contribution in [0.25, 0.3) is 0 Å². The monoisotopic (exact) mass is 259 g/mol. The van der Waals surface area contributed by atoms with Gasteiger partial charge in [0.05, 0.1) is 6.54 Å². The molecule has 1 aromatic carbocycles. The minimum absolute atomic E-state index is 0.178. The summed E-state index contributed by atoms with van der Waals surface area (Å²) in [6, 6.07) is 9.39. The predicted molar refractivity (Wildman–Crippen MR) is 71.4 cm³/mol. The molecular weight excluding hydrogens is 242 g/mol. The fourth-order valence-corrected chi connectivity index (χ4v) is 1.84. The fourth-order valence-electron chi connectivity index (χ4n) is 1.84. The van der Waals surface area contributed by atoms with Crippen molar-refractivity contribution < 1.29 is 9.53 Å². The van der Waals surface area contributed by atoms with Crippen LogP contribution in [0, 0.1) is 6.92 Å². The lowest BCUT2D eigenvalue weighted by Crippen LogP contribution is -2.30. The first-order valence-corrected chi connectivity index (χ1v) is 6.06. The third-order valence-corrected chi connectivity index (χ3v) is 2.76. The van der Waals surface area contributed by atoms with E-state index in [-0.39, 0.29) is 5.91 Å². The zero-order chi connectivity index (χ0) is 13.7. The van der Waals surface area contributed by atoms with Crippen molar-refractivity contribution in [3.05, 3.63) is 53.6 Å². The number of aromatic nitrogens is 2. The summed E-state index contributed by atoms with van der Waals surface area (Å²) in [5.41, 5.74) is 1.80. The van der Waals surface area contributed by atoms with E-state index in [1.165, 1.54) is 7.11 Å². The summed E-state index contributed by atoms with van der Waals surface area (Å²) >= 11 is 0. The van der Waals surface area contributed by atoms with Crippen LogP contribution >= 0.6 is 0 Å². The van der Waals surface area contributed by atoms with Crippen molar-refractivity contribution in [1.82, 2.24) is 15.3 Å². The Kier molecular flexibility index (Phi) is 4.30. The predicted octanol–water partition coefficient (Wildman–Crippen LogP) is 1.72. The van der Waals surface area contributed by atoms with E-state index in [0.717, 1.165) is 17.1 Å². The van der Waals surface area contributed by atoms with E-state index in [2.05, 4.69) is 15.3 Å². The number of H-pyrrole nitrogens is 1. The highest BCUT2D eigenvalue weighted by Gasteiger charge is 2.19. The molecule has 0 aliphatic carbocycles. The van der Waals surface area contributed by atoms with Crippen molar-refractivity contribution in [3.63, 3.8) is 0 Å². The van der Waals surface area contributed by atoms with E-state index in [4.69, 9.17) is 4.74 Å². The smallest absolute Gasteiger partial charge is 0.254 e. The minimum atomic E-state index is -0.600. The average molecular weight is 259 g/mol. The number of hydrogen-bond acceptors (Lipinski definition) is 3. The Morgan fingerprint density at radius 1 is 1.42 bits per heavy atom. The molecule has 0 saturated heterocycles. The third-order valence-electron chi connectivity index (χ3n) is 2.76. The van der Waals surface area contributed by atoms with Gasteiger partial charge in [0, 0.05) is 19.0 Å². The Balaban J connectivity index is 1.98. The summed E-state index contributed by atoms with van der Waals surface area (Å²) in [4.78, 5) is 19.3. The van der Waals surface area contributed by atoms with Crippen molar-refractivity contribution in [2.24, 2.45) is 0 Å². The Morgan fingerprint density at radius 3 is 2.74 bits per heavy atom. The van der Waals surface area contributed by atoms with Gasteiger partial charge in [0.1, 0.15) is 5.82 Å². The number of rotatable bonds is 5. The van der Waals surface area contributed by atoms with Crippen LogP contribution in [0.15, 0.2) is 36.5 Å². The molecule has 0 spiro atoms. The number of ether oxygens (including phenoxy) is 1. The molecule has 2 rings (SSSR count). The third kappa shape index (κ3) is 3.42. The maximum atomic E-state index is 12.1. The quantitative estimate of drug-likeness (QED) is 0.859. The number of methoxy groups -OCH3 is 1. The van der Waals surface area contributed by atoms with Crippen LogP contribution in [0.5, 0.6) is 0 Å². The average Bonchev–Trinajstić information content (AvgIpc) is 2.84. The number of aromatic amines is 1. The lowest BCUT2D eigenvalue weighted by molar-refractivity contribution is -0.131. The highest BCUT2D eigenvalue weighted by molar-refractivity contribution is 5.82. The summed E-state index contributed by atoms with van der Waals surface area (Å²) in [6.07, 6.45) is 1.13. The van der Waals surface area contributed by atoms with Gasteiger partial charge < -0.3 is 15.0 Å². The van der Waals surface area contributed by atoms with Crippen LogP contribution in [0.4, 0.5) is 0 Å². The van der Waals surface area contributed by atoms with Gasteiger partial charge in [-0.3, -0.25) is 4.79 Å². The number of aryl methyl sites for hydroxylation is 1. The van der Waals surface area contributed by atoms with Gasteiger partial charge in [-0.25, -0.2) is 4.98 Å². The molecule has 0 bridgehead atoms. The SMILES string of the molecule is CO[C@@H](C(=O)NCc1ncc(C)[nH]1)c1ccccc1. The Bertz CT molecular complexity index is 537. The number of imidazole rings is 1. The van der Waals surface area contributed by atoms with Crippen LogP contribution in [-0.4, -0.2) is 23.0 Å². The number of carbonyl (C=O) groups is 1. The number of carbonyl (C=O) groups excluding carboxylic acids is 1. The van der Waals surface area contributed by atoms with Crippen LogP contribution in [-0.2, 0) is 16.1 Å². The molecule has 0 aliphatic rings. The second-order valence-electron chi connectivity index (χ2n) is 4.26. The van der Waals surface area contributed by atoms with E-state index >= 15 is 0 Å². The maximum absolute atomic E-state index is 12.1. The van der Waals surface area contributed by atoms with Gasteiger partial charge in [-0.15, -0.1) is 0 Å². The largest absolute Gasteiger partial charge is 0.367 e. The standard InChI is InChI=1S/C14H17N3O2/c1-10-8-15-12(17-10)9-16-14(18)13(19-2)11-6-4-3-5-7-11/h3-8,13H,9H2,1-2H3,(H,15,17)(H,16,18)/t13-/m1/s1. The first kappa shape index (κ1) is 13.3. The normalized spacial score (nSPS) is 12.1. The lowest BCUT2D eigenvalue weighted by Gasteiger charge is -2.15.